The van der Waals surface area contributed by atoms with Gasteiger partial charge in [0.1, 0.15) is 24.0 Å². The predicted molar refractivity (Wildman–Crippen MR) is 79.4 cm³/mol. The summed E-state index contributed by atoms with van der Waals surface area (Å²) >= 11 is 0. The fourth-order valence-corrected chi connectivity index (χ4v) is 2.43. The molecule has 0 aromatic heterocycles. The van der Waals surface area contributed by atoms with E-state index in [2.05, 4.69) is 0 Å². The Kier molecular flexibility index (Phi) is 4.91. The highest BCUT2D eigenvalue weighted by Gasteiger charge is 2.08. The molecule has 0 aliphatic rings. The van der Waals surface area contributed by atoms with Gasteiger partial charge >= 0.3 is 0 Å². The monoisotopic (exact) mass is 291 g/mol. The molecule has 2 N–H and O–H groups in total. The van der Waals surface area contributed by atoms with Crippen LogP contribution < -0.4 is 10.5 Å². The Labute approximate surface area is 123 Å². The summed E-state index contributed by atoms with van der Waals surface area (Å²) in [4.78, 5) is 0. The molecule has 0 spiro atoms. The zero-order valence-electron chi connectivity index (χ0n) is 12.2. The summed E-state index contributed by atoms with van der Waals surface area (Å²) < 4.78 is 32.0. The SMILES string of the molecule is Cc1cc(CCN)cc(C)c1OCc1cc(F)cc(F)c1. The van der Waals surface area contributed by atoms with Crippen molar-refractivity contribution in [3.8, 4) is 5.75 Å². The van der Waals surface area contributed by atoms with Crippen LogP contribution in [-0.2, 0) is 13.0 Å². The number of halogens is 2. The van der Waals surface area contributed by atoms with Gasteiger partial charge in [-0.05, 0) is 61.2 Å². The van der Waals surface area contributed by atoms with Crippen LogP contribution in [0.2, 0.25) is 0 Å². The topological polar surface area (TPSA) is 35.2 Å². The van der Waals surface area contributed by atoms with Gasteiger partial charge in [-0.3, -0.25) is 0 Å². The van der Waals surface area contributed by atoms with Gasteiger partial charge in [0.25, 0.3) is 0 Å². The zero-order chi connectivity index (χ0) is 15.4. The molecule has 4 heteroatoms. The molecule has 21 heavy (non-hydrogen) atoms. The van der Waals surface area contributed by atoms with Crippen LogP contribution in [0.5, 0.6) is 5.75 Å². The summed E-state index contributed by atoms with van der Waals surface area (Å²) in [6, 6.07) is 7.46. The molecule has 2 aromatic rings. The molecular formula is C17H19F2NO. The number of hydrogen-bond acceptors (Lipinski definition) is 2. The highest BCUT2D eigenvalue weighted by atomic mass is 19.1. The molecule has 2 rings (SSSR count). The van der Waals surface area contributed by atoms with Gasteiger partial charge in [0.2, 0.25) is 0 Å². The minimum atomic E-state index is -0.597. The summed E-state index contributed by atoms with van der Waals surface area (Å²) in [7, 11) is 0. The van der Waals surface area contributed by atoms with Crippen molar-refractivity contribution in [2.75, 3.05) is 6.54 Å². The van der Waals surface area contributed by atoms with E-state index in [4.69, 9.17) is 10.5 Å². The normalized spacial score (nSPS) is 10.7. The fourth-order valence-electron chi connectivity index (χ4n) is 2.43. The standard InChI is InChI=1S/C17H19F2NO/c1-11-5-13(3-4-20)6-12(2)17(11)21-10-14-7-15(18)9-16(19)8-14/h5-9H,3-4,10,20H2,1-2H3. The molecule has 2 aromatic carbocycles. The molecule has 112 valence electrons. The number of aryl methyl sites for hydroxylation is 2. The van der Waals surface area contributed by atoms with Crippen LogP contribution in [0, 0.1) is 25.5 Å². The first kappa shape index (κ1) is 15.4. The number of nitrogens with two attached hydrogens (primary N) is 1. The van der Waals surface area contributed by atoms with E-state index in [9.17, 15) is 8.78 Å². The van der Waals surface area contributed by atoms with Crippen molar-refractivity contribution in [3.63, 3.8) is 0 Å². The third-order valence-corrected chi connectivity index (χ3v) is 3.26. The lowest BCUT2D eigenvalue weighted by molar-refractivity contribution is 0.300. The van der Waals surface area contributed by atoms with Crippen molar-refractivity contribution in [2.45, 2.75) is 26.9 Å². The quantitative estimate of drug-likeness (QED) is 0.912. The third kappa shape index (κ3) is 4.02. The molecule has 0 saturated carbocycles. The molecule has 0 amide bonds. The molecule has 0 heterocycles. The van der Waals surface area contributed by atoms with E-state index in [1.165, 1.54) is 12.1 Å². The van der Waals surface area contributed by atoms with Crippen molar-refractivity contribution in [2.24, 2.45) is 5.73 Å². The highest BCUT2D eigenvalue weighted by Crippen LogP contribution is 2.26. The van der Waals surface area contributed by atoms with Gasteiger partial charge < -0.3 is 10.5 Å². The smallest absolute Gasteiger partial charge is 0.126 e. The number of ether oxygens (including phenoxy) is 1. The van der Waals surface area contributed by atoms with Crippen molar-refractivity contribution < 1.29 is 13.5 Å². The summed E-state index contributed by atoms with van der Waals surface area (Å²) in [5, 5.41) is 0. The van der Waals surface area contributed by atoms with Crippen LogP contribution in [0.4, 0.5) is 8.78 Å². The number of benzene rings is 2. The lowest BCUT2D eigenvalue weighted by Gasteiger charge is -2.14. The molecule has 0 atom stereocenters. The van der Waals surface area contributed by atoms with Crippen LogP contribution in [0.25, 0.3) is 0 Å². The Morgan fingerprint density at radius 2 is 1.48 bits per heavy atom. The van der Waals surface area contributed by atoms with Gasteiger partial charge in [-0.25, -0.2) is 8.78 Å². The second-order valence-corrected chi connectivity index (χ2v) is 5.16. The summed E-state index contributed by atoms with van der Waals surface area (Å²) in [6.45, 7) is 4.64. The first-order valence-electron chi connectivity index (χ1n) is 6.87. The van der Waals surface area contributed by atoms with Gasteiger partial charge in [-0.2, -0.15) is 0 Å². The maximum atomic E-state index is 13.1. The second kappa shape index (κ2) is 6.68. The summed E-state index contributed by atoms with van der Waals surface area (Å²) in [6.07, 6.45) is 0.817. The van der Waals surface area contributed by atoms with E-state index in [0.29, 0.717) is 12.1 Å². The third-order valence-electron chi connectivity index (χ3n) is 3.26. The zero-order valence-corrected chi connectivity index (χ0v) is 12.2. The minimum Gasteiger partial charge on any atom is -0.488 e. The Balaban J connectivity index is 2.16. The maximum absolute atomic E-state index is 13.1. The average molecular weight is 291 g/mol. The van der Waals surface area contributed by atoms with Gasteiger partial charge in [-0.1, -0.05) is 12.1 Å². The minimum absolute atomic E-state index is 0.132. The van der Waals surface area contributed by atoms with Crippen LogP contribution in [-0.4, -0.2) is 6.54 Å². The van der Waals surface area contributed by atoms with E-state index >= 15 is 0 Å². The van der Waals surface area contributed by atoms with Crippen molar-refractivity contribution >= 4 is 0 Å². The van der Waals surface area contributed by atoms with Crippen molar-refractivity contribution in [1.82, 2.24) is 0 Å². The van der Waals surface area contributed by atoms with Crippen LogP contribution in [0.15, 0.2) is 30.3 Å². The van der Waals surface area contributed by atoms with Crippen LogP contribution in [0.3, 0.4) is 0 Å². The van der Waals surface area contributed by atoms with E-state index in [0.717, 1.165) is 34.9 Å². The summed E-state index contributed by atoms with van der Waals surface area (Å²) in [5.41, 5.74) is 9.18. The highest BCUT2D eigenvalue weighted by molar-refractivity contribution is 5.43. The average Bonchev–Trinajstić information content (AvgIpc) is 2.36. The summed E-state index contributed by atoms with van der Waals surface area (Å²) in [5.74, 6) is -0.443. The number of hydrogen-bond donors (Lipinski definition) is 1. The molecular weight excluding hydrogens is 272 g/mol. The Morgan fingerprint density at radius 3 is 2.00 bits per heavy atom. The largest absolute Gasteiger partial charge is 0.488 e. The first-order chi connectivity index (χ1) is 9.99. The van der Waals surface area contributed by atoms with E-state index in [1.54, 1.807) is 0 Å². The molecule has 2 nitrogen and oxygen atoms in total. The molecule has 0 unspecified atom stereocenters. The maximum Gasteiger partial charge on any atom is 0.126 e. The van der Waals surface area contributed by atoms with Gasteiger partial charge in [0, 0.05) is 6.07 Å². The van der Waals surface area contributed by atoms with Crippen LogP contribution in [0.1, 0.15) is 22.3 Å². The predicted octanol–water partition coefficient (Wildman–Crippen LogP) is 3.66. The molecule has 0 saturated heterocycles. The molecule has 0 aliphatic heterocycles. The second-order valence-electron chi connectivity index (χ2n) is 5.16. The lowest BCUT2D eigenvalue weighted by atomic mass is 10.0. The molecule has 0 aliphatic carbocycles. The Morgan fingerprint density at radius 1 is 0.905 bits per heavy atom. The Bertz CT molecular complexity index is 597. The first-order valence-corrected chi connectivity index (χ1v) is 6.87. The van der Waals surface area contributed by atoms with Crippen molar-refractivity contribution in [1.29, 1.82) is 0 Å². The number of rotatable bonds is 5. The van der Waals surface area contributed by atoms with Gasteiger partial charge in [0.05, 0.1) is 0 Å². The van der Waals surface area contributed by atoms with Crippen LogP contribution >= 0.6 is 0 Å². The Hall–Kier alpha value is -1.94. The van der Waals surface area contributed by atoms with E-state index < -0.39 is 11.6 Å². The molecule has 0 bridgehead atoms. The van der Waals surface area contributed by atoms with E-state index in [-0.39, 0.29) is 6.61 Å². The molecule has 0 fully saturated rings. The lowest BCUT2D eigenvalue weighted by Crippen LogP contribution is -2.05. The van der Waals surface area contributed by atoms with E-state index in [1.807, 2.05) is 26.0 Å². The van der Waals surface area contributed by atoms with Gasteiger partial charge in [0.15, 0.2) is 0 Å². The van der Waals surface area contributed by atoms with Crippen molar-refractivity contribution in [3.05, 3.63) is 64.2 Å². The van der Waals surface area contributed by atoms with Gasteiger partial charge in [-0.15, -0.1) is 0 Å². The molecule has 0 radical (unpaired) electrons. The fraction of sp³-hybridized carbons (Fsp3) is 0.294.